The fourth-order valence-corrected chi connectivity index (χ4v) is 5.05. The number of amides is 1. The lowest BCUT2D eigenvalue weighted by atomic mass is 9.98. The van der Waals surface area contributed by atoms with Crippen LogP contribution in [0.5, 0.6) is 5.75 Å². The molecular weight excluding hydrogens is 440 g/mol. The summed E-state index contributed by atoms with van der Waals surface area (Å²) in [5, 5.41) is 10.4. The van der Waals surface area contributed by atoms with Crippen molar-refractivity contribution < 1.29 is 19.4 Å². The average Bonchev–Trinajstić information content (AvgIpc) is 3.21. The Morgan fingerprint density at radius 3 is 2.17 bits per heavy atom. The Morgan fingerprint density at radius 1 is 0.914 bits per heavy atom. The summed E-state index contributed by atoms with van der Waals surface area (Å²) < 4.78 is 11.6. The first-order valence-corrected chi connectivity index (χ1v) is 12.3. The molecule has 0 bridgehead atoms. The molecule has 1 N–H and O–H groups in total. The Morgan fingerprint density at radius 2 is 1.51 bits per heavy atom. The van der Waals surface area contributed by atoms with Crippen LogP contribution in [0.3, 0.4) is 0 Å². The van der Waals surface area contributed by atoms with Crippen LogP contribution in [0.1, 0.15) is 22.6 Å². The molecule has 1 aliphatic heterocycles. The van der Waals surface area contributed by atoms with E-state index in [4.69, 9.17) is 9.47 Å². The molecule has 1 atom stereocenters. The summed E-state index contributed by atoms with van der Waals surface area (Å²) in [4.78, 5) is 16.7. The fourth-order valence-electron chi connectivity index (χ4n) is 5.05. The van der Waals surface area contributed by atoms with Gasteiger partial charge in [-0.1, -0.05) is 66.7 Å². The molecule has 0 radical (unpaired) electrons. The van der Waals surface area contributed by atoms with E-state index in [1.54, 1.807) is 4.90 Å². The molecule has 3 aromatic rings. The summed E-state index contributed by atoms with van der Waals surface area (Å²) in [6.45, 7) is 5.66. The van der Waals surface area contributed by atoms with Gasteiger partial charge in [0.05, 0.1) is 0 Å². The summed E-state index contributed by atoms with van der Waals surface area (Å²) in [7, 11) is 0. The lowest BCUT2D eigenvalue weighted by molar-refractivity contribution is 0.0393. The predicted molar refractivity (Wildman–Crippen MR) is 136 cm³/mol. The van der Waals surface area contributed by atoms with Gasteiger partial charge in [0.15, 0.2) is 0 Å². The van der Waals surface area contributed by atoms with E-state index in [2.05, 4.69) is 41.3 Å². The Balaban J connectivity index is 1.09. The maximum absolute atomic E-state index is 12.8. The molecule has 0 spiro atoms. The number of carbonyl (C=O) groups is 1. The van der Waals surface area contributed by atoms with Crippen LogP contribution < -0.4 is 4.74 Å². The third-order valence-corrected chi connectivity index (χ3v) is 6.96. The maximum Gasteiger partial charge on any atom is 0.409 e. The van der Waals surface area contributed by atoms with E-state index in [1.807, 2.05) is 43.3 Å². The number of aliphatic hydroxyl groups excluding tert-OH is 1. The van der Waals surface area contributed by atoms with E-state index in [9.17, 15) is 9.90 Å². The van der Waals surface area contributed by atoms with Gasteiger partial charge in [-0.3, -0.25) is 4.90 Å². The summed E-state index contributed by atoms with van der Waals surface area (Å²) in [5.41, 5.74) is 5.93. The molecule has 0 saturated carbocycles. The molecule has 1 aliphatic carbocycles. The van der Waals surface area contributed by atoms with E-state index in [0.717, 1.165) is 11.3 Å². The summed E-state index contributed by atoms with van der Waals surface area (Å²) in [6.07, 6.45) is -0.856. The zero-order valence-electron chi connectivity index (χ0n) is 20.1. The molecule has 0 aromatic heterocycles. The van der Waals surface area contributed by atoms with Crippen molar-refractivity contribution in [2.45, 2.75) is 18.9 Å². The Kier molecular flexibility index (Phi) is 7.02. The largest absolute Gasteiger partial charge is 0.491 e. The third-order valence-electron chi connectivity index (χ3n) is 6.96. The topological polar surface area (TPSA) is 62.2 Å². The van der Waals surface area contributed by atoms with Crippen LogP contribution in [0.2, 0.25) is 0 Å². The number of aryl methyl sites for hydroxylation is 1. The van der Waals surface area contributed by atoms with Gasteiger partial charge in [0.2, 0.25) is 0 Å². The molecule has 1 unspecified atom stereocenters. The van der Waals surface area contributed by atoms with Gasteiger partial charge in [-0.25, -0.2) is 4.79 Å². The number of benzene rings is 3. The molecule has 3 aromatic carbocycles. The SMILES string of the molecule is Cc1ccccc1OCC(O)CN1CCN(C(=O)OCC2c3ccccc3-c3ccccc32)CC1. The highest BCUT2D eigenvalue weighted by Crippen LogP contribution is 2.44. The van der Waals surface area contributed by atoms with Gasteiger partial charge in [-0.05, 0) is 40.8 Å². The van der Waals surface area contributed by atoms with Crippen molar-refractivity contribution in [1.82, 2.24) is 9.80 Å². The minimum absolute atomic E-state index is 0.0658. The Hall–Kier alpha value is -3.35. The molecule has 2 aliphatic rings. The molecule has 35 heavy (non-hydrogen) atoms. The summed E-state index contributed by atoms with van der Waals surface area (Å²) in [5.74, 6) is 0.864. The van der Waals surface area contributed by atoms with Crippen molar-refractivity contribution in [2.24, 2.45) is 0 Å². The smallest absolute Gasteiger partial charge is 0.409 e. The van der Waals surface area contributed by atoms with Crippen LogP contribution in [0, 0.1) is 6.92 Å². The molecular formula is C29H32N2O4. The Labute approximate surface area is 206 Å². The highest BCUT2D eigenvalue weighted by atomic mass is 16.6. The van der Waals surface area contributed by atoms with E-state index in [-0.39, 0.29) is 18.6 Å². The normalized spacial score (nSPS) is 16.5. The summed E-state index contributed by atoms with van der Waals surface area (Å²) in [6, 6.07) is 24.5. The standard InChI is InChI=1S/C29H32N2O4/c1-21-8-2-7-13-28(21)34-19-22(32)18-30-14-16-31(17-15-30)29(33)35-20-27-25-11-5-3-9-23(25)24-10-4-6-12-26(24)27/h2-13,22,27,32H,14-20H2,1H3. The summed E-state index contributed by atoms with van der Waals surface area (Å²) >= 11 is 0. The lowest BCUT2D eigenvalue weighted by Crippen LogP contribution is -2.51. The fraction of sp³-hybridized carbons (Fsp3) is 0.345. The molecule has 6 nitrogen and oxygen atoms in total. The minimum Gasteiger partial charge on any atom is -0.491 e. The third kappa shape index (κ3) is 5.19. The molecule has 182 valence electrons. The second kappa shape index (κ2) is 10.5. The number of aliphatic hydroxyl groups is 1. The lowest BCUT2D eigenvalue weighted by Gasteiger charge is -2.35. The van der Waals surface area contributed by atoms with Gasteiger partial charge in [0.25, 0.3) is 0 Å². The van der Waals surface area contributed by atoms with Gasteiger partial charge in [0.1, 0.15) is 25.1 Å². The second-order valence-corrected chi connectivity index (χ2v) is 9.32. The van der Waals surface area contributed by atoms with Crippen molar-refractivity contribution >= 4 is 6.09 Å². The highest BCUT2D eigenvalue weighted by Gasteiger charge is 2.30. The first kappa shape index (κ1) is 23.4. The van der Waals surface area contributed by atoms with E-state index >= 15 is 0 Å². The van der Waals surface area contributed by atoms with Crippen LogP contribution in [-0.4, -0.2) is 73.0 Å². The second-order valence-electron chi connectivity index (χ2n) is 9.32. The predicted octanol–water partition coefficient (Wildman–Crippen LogP) is 4.30. The van der Waals surface area contributed by atoms with Gasteiger partial charge >= 0.3 is 6.09 Å². The van der Waals surface area contributed by atoms with Crippen LogP contribution in [0.15, 0.2) is 72.8 Å². The van der Waals surface area contributed by atoms with Crippen molar-refractivity contribution in [3.63, 3.8) is 0 Å². The van der Waals surface area contributed by atoms with Gasteiger partial charge in [-0.15, -0.1) is 0 Å². The van der Waals surface area contributed by atoms with Crippen LogP contribution in [0.25, 0.3) is 11.1 Å². The van der Waals surface area contributed by atoms with Gasteiger partial charge in [-0.2, -0.15) is 0 Å². The number of hydrogen-bond donors (Lipinski definition) is 1. The van der Waals surface area contributed by atoms with Crippen molar-refractivity contribution in [1.29, 1.82) is 0 Å². The number of para-hydroxylation sites is 1. The number of carbonyl (C=O) groups excluding carboxylic acids is 1. The highest BCUT2D eigenvalue weighted by molar-refractivity contribution is 5.79. The van der Waals surface area contributed by atoms with Crippen molar-refractivity contribution in [3.8, 4) is 16.9 Å². The first-order valence-electron chi connectivity index (χ1n) is 12.3. The average molecular weight is 473 g/mol. The number of rotatable bonds is 7. The van der Waals surface area contributed by atoms with Crippen LogP contribution >= 0.6 is 0 Å². The van der Waals surface area contributed by atoms with E-state index < -0.39 is 6.10 Å². The molecule has 6 heteroatoms. The molecule has 1 saturated heterocycles. The number of piperazine rings is 1. The molecule has 1 fully saturated rings. The molecule has 1 amide bonds. The van der Waals surface area contributed by atoms with E-state index in [0.29, 0.717) is 39.3 Å². The zero-order valence-corrected chi connectivity index (χ0v) is 20.1. The minimum atomic E-state index is -0.587. The van der Waals surface area contributed by atoms with Gasteiger partial charge < -0.3 is 19.5 Å². The van der Waals surface area contributed by atoms with Crippen LogP contribution in [-0.2, 0) is 4.74 Å². The first-order chi connectivity index (χ1) is 17.1. The van der Waals surface area contributed by atoms with E-state index in [1.165, 1.54) is 22.3 Å². The Bertz CT molecular complexity index is 1130. The molecule has 5 rings (SSSR count). The number of ether oxygens (including phenoxy) is 2. The number of nitrogens with zero attached hydrogens (tertiary/aromatic N) is 2. The number of hydrogen-bond acceptors (Lipinski definition) is 5. The number of fused-ring (bicyclic) bond motifs is 3. The maximum atomic E-state index is 12.8. The van der Waals surface area contributed by atoms with Crippen molar-refractivity contribution in [3.05, 3.63) is 89.5 Å². The zero-order chi connectivity index (χ0) is 24.2. The monoisotopic (exact) mass is 472 g/mol. The van der Waals surface area contributed by atoms with Gasteiger partial charge in [0, 0.05) is 38.6 Å². The molecule has 1 heterocycles. The van der Waals surface area contributed by atoms with Crippen LogP contribution in [0.4, 0.5) is 4.79 Å². The number of β-amino-alcohol motifs (C(OH)–C–C–N with tert-alkyl or cyclic N) is 1. The van der Waals surface area contributed by atoms with Crippen molar-refractivity contribution in [2.75, 3.05) is 45.9 Å². The quantitative estimate of drug-likeness (QED) is 0.556.